The number of piperidine rings is 1. The van der Waals surface area contributed by atoms with Crippen LogP contribution in [0.25, 0.3) is 0 Å². The number of rotatable bonds is 6. The number of hydrogen-bond donors (Lipinski definition) is 2. The molecule has 2 rings (SSSR count). The second kappa shape index (κ2) is 7.16. The van der Waals surface area contributed by atoms with Crippen LogP contribution in [-0.4, -0.2) is 52.0 Å². The minimum atomic E-state index is -0.430. The van der Waals surface area contributed by atoms with Crippen LogP contribution in [0.15, 0.2) is 6.33 Å². The molecule has 2 N–H and O–H groups in total. The molecule has 116 valence electrons. The number of aromatic nitrogens is 2. The molecule has 1 fully saturated rings. The summed E-state index contributed by atoms with van der Waals surface area (Å²) < 4.78 is 0. The Hall–Kier alpha value is -1.96. The topological polar surface area (TPSA) is 96.2 Å². The van der Waals surface area contributed by atoms with Crippen molar-refractivity contribution in [1.29, 1.82) is 0 Å². The van der Waals surface area contributed by atoms with Crippen molar-refractivity contribution < 1.29 is 4.92 Å². The highest BCUT2D eigenvalue weighted by Gasteiger charge is 2.26. The molecule has 1 aromatic rings. The summed E-state index contributed by atoms with van der Waals surface area (Å²) in [5.41, 5.74) is -0.0760. The fraction of sp³-hybridized carbons (Fsp3) is 0.692. The van der Waals surface area contributed by atoms with Gasteiger partial charge in [-0.2, -0.15) is 0 Å². The molecule has 2 heterocycles. The van der Waals surface area contributed by atoms with Crippen molar-refractivity contribution in [3.63, 3.8) is 0 Å². The first-order valence-corrected chi connectivity index (χ1v) is 7.37. The van der Waals surface area contributed by atoms with Gasteiger partial charge in [0, 0.05) is 19.1 Å². The van der Waals surface area contributed by atoms with E-state index < -0.39 is 4.92 Å². The zero-order valence-electron chi connectivity index (χ0n) is 12.5. The maximum atomic E-state index is 11.3. The SMILES string of the molecule is CCNc1ncnc(NC2CCCN(CC)C2)c1[N+](=O)[O-]. The molecule has 8 nitrogen and oxygen atoms in total. The van der Waals surface area contributed by atoms with Gasteiger partial charge in [-0.1, -0.05) is 6.92 Å². The predicted molar refractivity (Wildman–Crippen MR) is 81.6 cm³/mol. The van der Waals surface area contributed by atoms with Crippen molar-refractivity contribution in [2.24, 2.45) is 0 Å². The third-order valence-electron chi connectivity index (χ3n) is 3.64. The van der Waals surface area contributed by atoms with E-state index >= 15 is 0 Å². The van der Waals surface area contributed by atoms with Crippen molar-refractivity contribution >= 4 is 17.3 Å². The molecule has 1 unspecified atom stereocenters. The standard InChI is InChI=1S/C13H22N6O2/c1-3-14-12-11(19(20)21)13(16-9-15-12)17-10-6-5-7-18(4-2)8-10/h9-10H,3-8H2,1-2H3,(H2,14,15,16,17). The lowest BCUT2D eigenvalue weighted by Gasteiger charge is -2.32. The third kappa shape index (κ3) is 3.78. The Balaban J connectivity index is 2.19. The average molecular weight is 294 g/mol. The quantitative estimate of drug-likeness (QED) is 0.609. The summed E-state index contributed by atoms with van der Waals surface area (Å²) in [5.74, 6) is 0.567. The van der Waals surface area contributed by atoms with Gasteiger partial charge in [-0.3, -0.25) is 10.1 Å². The molecule has 1 aliphatic rings. The van der Waals surface area contributed by atoms with E-state index in [0.29, 0.717) is 12.4 Å². The van der Waals surface area contributed by atoms with E-state index in [4.69, 9.17) is 0 Å². The molecule has 0 amide bonds. The molecule has 1 aromatic heterocycles. The van der Waals surface area contributed by atoms with Gasteiger partial charge in [0.05, 0.1) is 4.92 Å². The van der Waals surface area contributed by atoms with Crippen LogP contribution in [0.2, 0.25) is 0 Å². The van der Waals surface area contributed by atoms with Gasteiger partial charge < -0.3 is 15.5 Å². The third-order valence-corrected chi connectivity index (χ3v) is 3.64. The molecule has 0 aromatic carbocycles. The average Bonchev–Trinajstić information content (AvgIpc) is 2.47. The van der Waals surface area contributed by atoms with Crippen LogP contribution in [0.4, 0.5) is 17.3 Å². The van der Waals surface area contributed by atoms with E-state index in [1.807, 2.05) is 6.92 Å². The predicted octanol–water partition coefficient (Wildman–Crippen LogP) is 1.71. The normalized spacial score (nSPS) is 19.2. The fourth-order valence-corrected chi connectivity index (χ4v) is 2.61. The number of likely N-dealkylation sites (tertiary alicyclic amines) is 1. The molecule has 1 atom stereocenters. The number of hydrogen-bond acceptors (Lipinski definition) is 7. The van der Waals surface area contributed by atoms with Gasteiger partial charge in [0.1, 0.15) is 6.33 Å². The smallest absolute Gasteiger partial charge is 0.353 e. The second-order valence-corrected chi connectivity index (χ2v) is 5.08. The zero-order valence-corrected chi connectivity index (χ0v) is 12.5. The van der Waals surface area contributed by atoms with Gasteiger partial charge in [0.15, 0.2) is 0 Å². The van der Waals surface area contributed by atoms with Crippen LogP contribution >= 0.6 is 0 Å². The lowest BCUT2D eigenvalue weighted by molar-refractivity contribution is -0.383. The number of nitro groups is 1. The molecule has 1 aliphatic heterocycles. The van der Waals surface area contributed by atoms with Crippen molar-refractivity contribution in [2.75, 3.05) is 36.8 Å². The summed E-state index contributed by atoms with van der Waals surface area (Å²) in [6.45, 7) is 7.53. The lowest BCUT2D eigenvalue weighted by atomic mass is 10.1. The van der Waals surface area contributed by atoms with Gasteiger partial charge in [-0.15, -0.1) is 0 Å². The van der Waals surface area contributed by atoms with Crippen LogP contribution in [0, 0.1) is 10.1 Å². The molecule has 0 saturated carbocycles. The van der Waals surface area contributed by atoms with Gasteiger partial charge in [-0.05, 0) is 32.9 Å². The summed E-state index contributed by atoms with van der Waals surface area (Å²) in [5, 5.41) is 17.4. The van der Waals surface area contributed by atoms with E-state index in [-0.39, 0.29) is 17.5 Å². The van der Waals surface area contributed by atoms with E-state index in [9.17, 15) is 10.1 Å². The highest BCUT2D eigenvalue weighted by Crippen LogP contribution is 2.30. The minimum Gasteiger partial charge on any atom is -0.364 e. The van der Waals surface area contributed by atoms with Crippen LogP contribution in [0.1, 0.15) is 26.7 Å². The fourth-order valence-electron chi connectivity index (χ4n) is 2.61. The number of nitrogens with one attached hydrogen (secondary N) is 2. The molecular formula is C13H22N6O2. The molecule has 21 heavy (non-hydrogen) atoms. The van der Waals surface area contributed by atoms with Crippen LogP contribution in [0.3, 0.4) is 0 Å². The van der Waals surface area contributed by atoms with Crippen LogP contribution in [-0.2, 0) is 0 Å². The molecule has 0 bridgehead atoms. The Morgan fingerprint density at radius 2 is 2.19 bits per heavy atom. The Labute approximate surface area is 124 Å². The highest BCUT2D eigenvalue weighted by atomic mass is 16.6. The van der Waals surface area contributed by atoms with Crippen LogP contribution in [0.5, 0.6) is 0 Å². The highest BCUT2D eigenvalue weighted by molar-refractivity contribution is 5.69. The van der Waals surface area contributed by atoms with E-state index in [2.05, 4.69) is 32.4 Å². The van der Waals surface area contributed by atoms with Crippen molar-refractivity contribution in [1.82, 2.24) is 14.9 Å². The first-order valence-electron chi connectivity index (χ1n) is 7.37. The summed E-state index contributed by atoms with van der Waals surface area (Å²) in [7, 11) is 0. The van der Waals surface area contributed by atoms with E-state index in [1.165, 1.54) is 6.33 Å². The summed E-state index contributed by atoms with van der Waals surface area (Å²) in [6, 6.07) is 0.182. The van der Waals surface area contributed by atoms with Crippen LogP contribution < -0.4 is 10.6 Å². The van der Waals surface area contributed by atoms with E-state index in [0.717, 1.165) is 32.5 Å². The summed E-state index contributed by atoms with van der Waals surface area (Å²) in [6.07, 6.45) is 3.44. The Bertz CT molecular complexity index is 496. The maximum absolute atomic E-state index is 11.3. The number of nitrogens with zero attached hydrogens (tertiary/aromatic N) is 4. The first-order chi connectivity index (χ1) is 10.2. The Morgan fingerprint density at radius 1 is 1.43 bits per heavy atom. The molecule has 1 saturated heterocycles. The largest absolute Gasteiger partial charge is 0.364 e. The monoisotopic (exact) mass is 294 g/mol. The van der Waals surface area contributed by atoms with Crippen molar-refractivity contribution in [2.45, 2.75) is 32.7 Å². The molecule has 8 heteroatoms. The van der Waals surface area contributed by atoms with Gasteiger partial charge >= 0.3 is 5.69 Å². The summed E-state index contributed by atoms with van der Waals surface area (Å²) >= 11 is 0. The maximum Gasteiger partial charge on any atom is 0.353 e. The molecule has 0 radical (unpaired) electrons. The summed E-state index contributed by atoms with van der Waals surface area (Å²) in [4.78, 5) is 21.2. The minimum absolute atomic E-state index is 0.0760. The van der Waals surface area contributed by atoms with Gasteiger partial charge in [-0.25, -0.2) is 9.97 Å². The second-order valence-electron chi connectivity index (χ2n) is 5.08. The number of anilines is 2. The zero-order chi connectivity index (χ0) is 15.2. The van der Waals surface area contributed by atoms with Crippen molar-refractivity contribution in [3.05, 3.63) is 16.4 Å². The molecular weight excluding hydrogens is 272 g/mol. The Kier molecular flexibility index (Phi) is 5.26. The van der Waals surface area contributed by atoms with Gasteiger partial charge in [0.2, 0.25) is 11.6 Å². The molecule has 0 aliphatic carbocycles. The molecule has 0 spiro atoms. The number of likely N-dealkylation sites (N-methyl/N-ethyl adjacent to an activating group) is 1. The lowest BCUT2D eigenvalue weighted by Crippen LogP contribution is -2.42. The van der Waals surface area contributed by atoms with Gasteiger partial charge in [0.25, 0.3) is 0 Å². The Morgan fingerprint density at radius 3 is 2.86 bits per heavy atom. The van der Waals surface area contributed by atoms with Crippen molar-refractivity contribution in [3.8, 4) is 0 Å². The first kappa shape index (κ1) is 15.4. The van der Waals surface area contributed by atoms with E-state index in [1.54, 1.807) is 0 Å².